The fourth-order valence-corrected chi connectivity index (χ4v) is 3.35. The van der Waals surface area contributed by atoms with E-state index in [1.807, 2.05) is 36.5 Å². The minimum atomic E-state index is 0.201. The fraction of sp³-hybridized carbons (Fsp3) is 0.211. The van der Waals surface area contributed by atoms with Crippen molar-refractivity contribution in [1.82, 2.24) is 24.3 Å². The summed E-state index contributed by atoms with van der Waals surface area (Å²) < 4.78 is 4.18. The lowest BCUT2D eigenvalue weighted by molar-refractivity contribution is 0.523. The first-order valence-electron chi connectivity index (χ1n) is 8.13. The number of hydrogen-bond acceptors (Lipinski definition) is 3. The van der Waals surface area contributed by atoms with E-state index in [0.29, 0.717) is 0 Å². The Labute approximate surface area is 140 Å². The predicted molar refractivity (Wildman–Crippen MR) is 94.6 cm³/mol. The quantitative estimate of drug-likeness (QED) is 0.575. The molecule has 0 saturated carbocycles. The van der Waals surface area contributed by atoms with Crippen LogP contribution in [0.1, 0.15) is 25.1 Å². The molecule has 1 atom stereocenters. The maximum Gasteiger partial charge on any atom is 0.141 e. The van der Waals surface area contributed by atoms with Crippen LogP contribution in [0.25, 0.3) is 22.2 Å². The number of aromatic nitrogens is 5. The van der Waals surface area contributed by atoms with Gasteiger partial charge < -0.3 is 4.57 Å². The third kappa shape index (κ3) is 2.29. The number of imidazole rings is 1. The predicted octanol–water partition coefficient (Wildman–Crippen LogP) is 3.83. The van der Waals surface area contributed by atoms with Crippen molar-refractivity contribution in [2.75, 3.05) is 0 Å². The lowest BCUT2D eigenvalue weighted by atomic mass is 10.0. The smallest absolute Gasteiger partial charge is 0.141 e. The minimum Gasteiger partial charge on any atom is -0.322 e. The van der Waals surface area contributed by atoms with Crippen molar-refractivity contribution in [3.05, 3.63) is 67.0 Å². The lowest BCUT2D eigenvalue weighted by Gasteiger charge is -2.20. The molecule has 4 aromatic rings. The lowest BCUT2D eigenvalue weighted by Crippen LogP contribution is -2.14. The van der Waals surface area contributed by atoms with Crippen molar-refractivity contribution in [2.45, 2.75) is 19.4 Å². The molecule has 1 aromatic carbocycles. The largest absolute Gasteiger partial charge is 0.322 e. The molecule has 3 heterocycles. The summed E-state index contributed by atoms with van der Waals surface area (Å²) in [6.07, 6.45) is 10.5. The van der Waals surface area contributed by atoms with Crippen molar-refractivity contribution in [3.8, 4) is 11.4 Å². The van der Waals surface area contributed by atoms with Gasteiger partial charge in [-0.05, 0) is 23.9 Å². The van der Waals surface area contributed by atoms with Gasteiger partial charge in [-0.15, -0.1) is 0 Å². The molecule has 5 nitrogen and oxygen atoms in total. The summed E-state index contributed by atoms with van der Waals surface area (Å²) >= 11 is 0. The first-order chi connectivity index (χ1) is 11.8. The Kier molecular flexibility index (Phi) is 3.61. The number of rotatable bonds is 4. The average molecular weight is 317 g/mol. The summed E-state index contributed by atoms with van der Waals surface area (Å²) in [5, 5.41) is 6.61. The van der Waals surface area contributed by atoms with Crippen LogP contribution in [0.3, 0.4) is 0 Å². The normalized spacial score (nSPS) is 12.6. The Morgan fingerprint density at radius 3 is 2.79 bits per heavy atom. The molecule has 120 valence electrons. The first kappa shape index (κ1) is 14.6. The molecule has 0 fully saturated rings. The van der Waals surface area contributed by atoms with E-state index >= 15 is 0 Å². The Bertz CT molecular complexity index is 977. The van der Waals surface area contributed by atoms with Gasteiger partial charge in [-0.2, -0.15) is 5.10 Å². The van der Waals surface area contributed by atoms with Crippen molar-refractivity contribution < 1.29 is 0 Å². The van der Waals surface area contributed by atoms with E-state index in [-0.39, 0.29) is 6.04 Å². The third-order valence-electron chi connectivity index (χ3n) is 4.51. The van der Waals surface area contributed by atoms with Gasteiger partial charge in [-0.1, -0.05) is 25.1 Å². The first-order valence-corrected chi connectivity index (χ1v) is 8.13. The van der Waals surface area contributed by atoms with Crippen molar-refractivity contribution in [2.24, 2.45) is 7.05 Å². The zero-order valence-electron chi connectivity index (χ0n) is 13.8. The highest BCUT2D eigenvalue weighted by Crippen LogP contribution is 2.31. The van der Waals surface area contributed by atoms with Gasteiger partial charge in [0, 0.05) is 49.0 Å². The summed E-state index contributed by atoms with van der Waals surface area (Å²) in [6, 6.07) is 10.6. The van der Waals surface area contributed by atoms with Crippen LogP contribution >= 0.6 is 0 Å². The maximum atomic E-state index is 4.66. The monoisotopic (exact) mass is 317 g/mol. The topological polar surface area (TPSA) is 48.5 Å². The second-order valence-electron chi connectivity index (χ2n) is 5.86. The molecule has 0 aliphatic carbocycles. The second-order valence-corrected chi connectivity index (χ2v) is 5.86. The van der Waals surface area contributed by atoms with Crippen LogP contribution in [0.15, 0.2) is 61.3 Å². The molecule has 0 amide bonds. The molecule has 0 saturated heterocycles. The molecule has 0 bridgehead atoms. The number of aryl methyl sites for hydroxylation is 1. The number of fused-ring (bicyclic) bond motifs is 1. The Balaban J connectivity index is 1.90. The zero-order valence-corrected chi connectivity index (χ0v) is 13.8. The molecule has 3 aromatic heterocycles. The Morgan fingerprint density at radius 2 is 2.00 bits per heavy atom. The summed E-state index contributed by atoms with van der Waals surface area (Å²) in [7, 11) is 1.98. The molecular weight excluding hydrogens is 298 g/mol. The van der Waals surface area contributed by atoms with Gasteiger partial charge >= 0.3 is 0 Å². The SMILES string of the molecule is CCC(c1ccnn1C)n1ccnc1-c1cccc2cnccc12. The zero-order chi connectivity index (χ0) is 16.5. The molecule has 5 heteroatoms. The van der Waals surface area contributed by atoms with Gasteiger partial charge in [0.1, 0.15) is 5.82 Å². The summed E-state index contributed by atoms with van der Waals surface area (Å²) in [4.78, 5) is 8.88. The van der Waals surface area contributed by atoms with E-state index in [0.717, 1.165) is 23.2 Å². The van der Waals surface area contributed by atoms with Crippen LogP contribution in [-0.4, -0.2) is 24.3 Å². The molecule has 4 rings (SSSR count). The van der Waals surface area contributed by atoms with Crippen LogP contribution in [-0.2, 0) is 7.05 Å². The molecular formula is C19H19N5. The molecule has 0 aliphatic heterocycles. The van der Waals surface area contributed by atoms with E-state index in [9.17, 15) is 0 Å². The van der Waals surface area contributed by atoms with Gasteiger partial charge in [0.2, 0.25) is 0 Å². The highest BCUT2D eigenvalue weighted by Gasteiger charge is 2.19. The maximum absolute atomic E-state index is 4.66. The molecule has 0 N–H and O–H groups in total. The molecule has 0 spiro atoms. The average Bonchev–Trinajstić information content (AvgIpc) is 3.25. The van der Waals surface area contributed by atoms with Gasteiger partial charge in [0.15, 0.2) is 0 Å². The minimum absolute atomic E-state index is 0.201. The molecule has 24 heavy (non-hydrogen) atoms. The third-order valence-corrected chi connectivity index (χ3v) is 4.51. The van der Waals surface area contributed by atoms with Crippen LogP contribution in [0, 0.1) is 0 Å². The van der Waals surface area contributed by atoms with Crippen LogP contribution in [0.5, 0.6) is 0 Å². The Morgan fingerprint density at radius 1 is 1.08 bits per heavy atom. The van der Waals surface area contributed by atoms with Crippen molar-refractivity contribution in [3.63, 3.8) is 0 Å². The molecule has 1 unspecified atom stereocenters. The van der Waals surface area contributed by atoms with Crippen LogP contribution in [0.2, 0.25) is 0 Å². The van der Waals surface area contributed by atoms with Crippen LogP contribution in [0.4, 0.5) is 0 Å². The van der Waals surface area contributed by atoms with Gasteiger partial charge in [-0.3, -0.25) is 9.67 Å². The summed E-state index contributed by atoms with van der Waals surface area (Å²) in [6.45, 7) is 2.19. The van der Waals surface area contributed by atoms with E-state index in [2.05, 4.69) is 63.1 Å². The van der Waals surface area contributed by atoms with Gasteiger partial charge in [0.25, 0.3) is 0 Å². The fourth-order valence-electron chi connectivity index (χ4n) is 3.35. The highest BCUT2D eigenvalue weighted by molar-refractivity contribution is 5.94. The number of nitrogens with zero attached hydrogens (tertiary/aromatic N) is 5. The number of pyridine rings is 1. The molecule has 0 aliphatic rings. The van der Waals surface area contributed by atoms with E-state index < -0.39 is 0 Å². The van der Waals surface area contributed by atoms with Gasteiger partial charge in [-0.25, -0.2) is 4.98 Å². The standard InChI is InChI=1S/C19H19N5/c1-3-17(18-8-10-22-23(18)2)24-12-11-21-19(24)16-6-4-5-14-13-20-9-7-15(14)16/h4-13,17H,3H2,1-2H3. The van der Waals surface area contributed by atoms with E-state index in [4.69, 9.17) is 0 Å². The highest BCUT2D eigenvalue weighted by atomic mass is 15.3. The molecule has 0 radical (unpaired) electrons. The van der Waals surface area contributed by atoms with Crippen molar-refractivity contribution >= 4 is 10.8 Å². The number of hydrogen-bond donors (Lipinski definition) is 0. The summed E-state index contributed by atoms with van der Waals surface area (Å²) in [5.41, 5.74) is 2.30. The number of benzene rings is 1. The van der Waals surface area contributed by atoms with Crippen molar-refractivity contribution in [1.29, 1.82) is 0 Å². The van der Waals surface area contributed by atoms with Crippen LogP contribution < -0.4 is 0 Å². The van der Waals surface area contributed by atoms with E-state index in [1.165, 1.54) is 11.1 Å². The van der Waals surface area contributed by atoms with Gasteiger partial charge in [0.05, 0.1) is 11.7 Å². The van der Waals surface area contributed by atoms with E-state index in [1.54, 1.807) is 0 Å². The summed E-state index contributed by atoms with van der Waals surface area (Å²) in [5.74, 6) is 0.972. The Hall–Kier alpha value is -2.95. The second kappa shape index (κ2) is 5.92.